The molecule has 1 aromatic carbocycles. The predicted octanol–water partition coefficient (Wildman–Crippen LogP) is 2.00. The first kappa shape index (κ1) is 12.6. The Hall–Kier alpha value is -1.43. The van der Waals surface area contributed by atoms with Crippen LogP contribution in [-0.4, -0.2) is 42.2 Å². The quantitative estimate of drug-likeness (QED) is 0.900. The monoisotopic (exact) mass is 276 g/mol. The number of nitrogens with zero attached hydrogens (tertiary/aromatic N) is 1. The van der Waals surface area contributed by atoms with Crippen LogP contribution >= 0.6 is 11.3 Å². The van der Waals surface area contributed by atoms with Gasteiger partial charge in [-0.2, -0.15) is 0 Å². The highest BCUT2D eigenvalue weighted by Gasteiger charge is 2.14. The number of thiophene rings is 1. The zero-order chi connectivity index (χ0) is 13.2. The predicted molar refractivity (Wildman–Crippen MR) is 76.9 cm³/mol. The third-order valence-electron chi connectivity index (χ3n) is 3.43. The molecule has 0 radical (unpaired) electrons. The number of benzene rings is 1. The Labute approximate surface area is 115 Å². The molecule has 3 rings (SSSR count). The topological polar surface area (TPSA) is 52.6 Å². The number of hydrogen-bond donors (Lipinski definition) is 2. The molecule has 2 N–H and O–H groups in total. The average Bonchev–Trinajstić information content (AvgIpc) is 2.81. The SMILES string of the molecule is O=C(O)c1cccc2sc(CN3CCNCC3)cc12. The Balaban J connectivity index is 1.88. The minimum atomic E-state index is -0.850. The minimum absolute atomic E-state index is 0.403. The van der Waals surface area contributed by atoms with Crippen LogP contribution in [0.1, 0.15) is 15.2 Å². The Morgan fingerprint density at radius 1 is 1.37 bits per heavy atom. The summed E-state index contributed by atoms with van der Waals surface area (Å²) in [5.74, 6) is -0.850. The summed E-state index contributed by atoms with van der Waals surface area (Å²) in [5.41, 5.74) is 0.403. The number of rotatable bonds is 3. The molecule has 1 saturated heterocycles. The molecule has 1 aliphatic rings. The lowest BCUT2D eigenvalue weighted by molar-refractivity contribution is 0.0699. The summed E-state index contributed by atoms with van der Waals surface area (Å²) in [5, 5.41) is 13.4. The van der Waals surface area contributed by atoms with Crippen molar-refractivity contribution < 1.29 is 9.90 Å². The summed E-state index contributed by atoms with van der Waals surface area (Å²) in [6.45, 7) is 5.09. The van der Waals surface area contributed by atoms with E-state index in [1.165, 1.54) is 4.88 Å². The average molecular weight is 276 g/mol. The lowest BCUT2D eigenvalue weighted by atomic mass is 10.1. The Kier molecular flexibility index (Phi) is 3.50. The van der Waals surface area contributed by atoms with Crippen LogP contribution in [0.25, 0.3) is 10.1 Å². The van der Waals surface area contributed by atoms with Gasteiger partial charge in [-0.05, 0) is 18.2 Å². The van der Waals surface area contributed by atoms with Crippen molar-refractivity contribution in [2.75, 3.05) is 26.2 Å². The van der Waals surface area contributed by atoms with Gasteiger partial charge in [-0.3, -0.25) is 4.90 Å². The van der Waals surface area contributed by atoms with Crippen molar-refractivity contribution >= 4 is 27.4 Å². The highest BCUT2D eigenvalue weighted by Crippen LogP contribution is 2.29. The van der Waals surface area contributed by atoms with E-state index in [4.69, 9.17) is 0 Å². The first-order chi connectivity index (χ1) is 9.24. The largest absolute Gasteiger partial charge is 0.478 e. The molecule has 1 fully saturated rings. The molecule has 19 heavy (non-hydrogen) atoms. The lowest BCUT2D eigenvalue weighted by Gasteiger charge is -2.26. The van der Waals surface area contributed by atoms with Crippen molar-refractivity contribution in [2.24, 2.45) is 0 Å². The van der Waals surface area contributed by atoms with Crippen molar-refractivity contribution in [1.29, 1.82) is 0 Å². The van der Waals surface area contributed by atoms with Gasteiger partial charge in [-0.15, -0.1) is 11.3 Å². The van der Waals surface area contributed by atoms with Gasteiger partial charge >= 0.3 is 5.97 Å². The van der Waals surface area contributed by atoms with E-state index in [2.05, 4.69) is 10.2 Å². The third kappa shape index (κ3) is 2.63. The van der Waals surface area contributed by atoms with E-state index in [0.29, 0.717) is 5.56 Å². The first-order valence-electron chi connectivity index (χ1n) is 6.42. The Bertz CT molecular complexity index is 603. The van der Waals surface area contributed by atoms with Crippen LogP contribution in [0, 0.1) is 0 Å². The summed E-state index contributed by atoms with van der Waals surface area (Å²) < 4.78 is 1.06. The highest BCUT2D eigenvalue weighted by atomic mass is 32.1. The zero-order valence-corrected chi connectivity index (χ0v) is 11.4. The molecule has 0 saturated carbocycles. The second-order valence-electron chi connectivity index (χ2n) is 4.76. The van der Waals surface area contributed by atoms with Gasteiger partial charge in [0.15, 0.2) is 0 Å². The molecule has 0 bridgehead atoms. The van der Waals surface area contributed by atoms with E-state index in [1.54, 1.807) is 17.4 Å². The number of carboxylic acids is 1. The molecule has 2 heterocycles. The van der Waals surface area contributed by atoms with Crippen molar-refractivity contribution in [3.8, 4) is 0 Å². The molecule has 0 spiro atoms. The van der Waals surface area contributed by atoms with Gasteiger partial charge < -0.3 is 10.4 Å². The molecule has 5 heteroatoms. The number of fused-ring (bicyclic) bond motifs is 1. The molecule has 2 aromatic rings. The van der Waals surface area contributed by atoms with Crippen molar-refractivity contribution in [1.82, 2.24) is 10.2 Å². The lowest BCUT2D eigenvalue weighted by Crippen LogP contribution is -2.42. The smallest absolute Gasteiger partial charge is 0.336 e. The number of piperazine rings is 1. The number of aromatic carboxylic acids is 1. The molecule has 1 aliphatic heterocycles. The van der Waals surface area contributed by atoms with E-state index < -0.39 is 5.97 Å². The summed E-state index contributed by atoms with van der Waals surface area (Å²) >= 11 is 1.70. The summed E-state index contributed by atoms with van der Waals surface area (Å²) in [6.07, 6.45) is 0. The van der Waals surface area contributed by atoms with Crippen molar-refractivity contribution in [3.63, 3.8) is 0 Å². The van der Waals surface area contributed by atoms with Crippen LogP contribution in [0.15, 0.2) is 24.3 Å². The van der Waals surface area contributed by atoms with Crippen LogP contribution in [0.3, 0.4) is 0 Å². The van der Waals surface area contributed by atoms with Crippen LogP contribution in [0.4, 0.5) is 0 Å². The maximum atomic E-state index is 11.2. The fourth-order valence-electron chi connectivity index (χ4n) is 2.47. The van der Waals surface area contributed by atoms with Gasteiger partial charge in [0.25, 0.3) is 0 Å². The van der Waals surface area contributed by atoms with Gasteiger partial charge in [0, 0.05) is 47.7 Å². The molecule has 4 nitrogen and oxygen atoms in total. The van der Waals surface area contributed by atoms with Gasteiger partial charge in [0.2, 0.25) is 0 Å². The van der Waals surface area contributed by atoms with Gasteiger partial charge in [0.1, 0.15) is 0 Å². The second kappa shape index (κ2) is 5.28. The highest BCUT2D eigenvalue weighted by molar-refractivity contribution is 7.19. The van der Waals surface area contributed by atoms with E-state index >= 15 is 0 Å². The summed E-state index contributed by atoms with van der Waals surface area (Å²) in [4.78, 5) is 14.8. The fraction of sp³-hybridized carbons (Fsp3) is 0.357. The fourth-order valence-corrected chi connectivity index (χ4v) is 3.60. The second-order valence-corrected chi connectivity index (χ2v) is 5.93. The minimum Gasteiger partial charge on any atom is -0.478 e. The molecular weight excluding hydrogens is 260 g/mol. The Morgan fingerprint density at radius 2 is 2.16 bits per heavy atom. The molecule has 100 valence electrons. The zero-order valence-electron chi connectivity index (χ0n) is 10.6. The summed E-state index contributed by atoms with van der Waals surface area (Å²) in [6, 6.07) is 7.52. The van der Waals surface area contributed by atoms with Gasteiger partial charge in [0.05, 0.1) is 5.56 Å². The molecule has 0 amide bonds. The molecule has 1 aromatic heterocycles. The standard InChI is InChI=1S/C14H16N2O2S/c17-14(18)11-2-1-3-13-12(11)8-10(19-13)9-16-6-4-15-5-7-16/h1-3,8,15H,4-7,9H2,(H,17,18). The van der Waals surface area contributed by atoms with Crippen LogP contribution in [-0.2, 0) is 6.54 Å². The molecule has 0 unspecified atom stereocenters. The number of hydrogen-bond acceptors (Lipinski definition) is 4. The van der Waals surface area contributed by atoms with Gasteiger partial charge in [-0.25, -0.2) is 4.79 Å². The van der Waals surface area contributed by atoms with E-state index in [1.807, 2.05) is 18.2 Å². The van der Waals surface area contributed by atoms with E-state index in [-0.39, 0.29) is 0 Å². The number of carbonyl (C=O) groups is 1. The molecule has 0 atom stereocenters. The van der Waals surface area contributed by atoms with Crippen LogP contribution in [0.5, 0.6) is 0 Å². The maximum Gasteiger partial charge on any atom is 0.336 e. The van der Waals surface area contributed by atoms with Gasteiger partial charge in [-0.1, -0.05) is 6.07 Å². The number of nitrogens with one attached hydrogen (secondary N) is 1. The van der Waals surface area contributed by atoms with Crippen molar-refractivity contribution in [3.05, 3.63) is 34.7 Å². The van der Waals surface area contributed by atoms with E-state index in [0.717, 1.165) is 42.8 Å². The third-order valence-corrected chi connectivity index (χ3v) is 4.52. The molecule has 0 aliphatic carbocycles. The van der Waals surface area contributed by atoms with Crippen LogP contribution in [0.2, 0.25) is 0 Å². The normalized spacial score (nSPS) is 16.8. The van der Waals surface area contributed by atoms with Crippen LogP contribution < -0.4 is 5.32 Å². The van der Waals surface area contributed by atoms with E-state index in [9.17, 15) is 9.90 Å². The molecular formula is C14H16N2O2S. The summed E-state index contributed by atoms with van der Waals surface area (Å²) in [7, 11) is 0. The van der Waals surface area contributed by atoms with Crippen molar-refractivity contribution in [2.45, 2.75) is 6.54 Å². The first-order valence-corrected chi connectivity index (χ1v) is 7.23. The maximum absolute atomic E-state index is 11.2. The Morgan fingerprint density at radius 3 is 2.89 bits per heavy atom. The number of carboxylic acid groups (broad SMARTS) is 1.